The van der Waals surface area contributed by atoms with E-state index in [0.717, 1.165) is 31.5 Å². The lowest BCUT2D eigenvalue weighted by Gasteiger charge is -2.28. The normalized spacial score (nSPS) is 24.6. The molecule has 5 nitrogen and oxygen atoms in total. The second-order valence-corrected chi connectivity index (χ2v) is 4.68. The Balaban J connectivity index is 1.92. The lowest BCUT2D eigenvalue weighted by atomic mass is 10.0. The molecule has 0 saturated carbocycles. The number of aromatic nitrogens is 2. The summed E-state index contributed by atoms with van der Waals surface area (Å²) in [7, 11) is 0. The fourth-order valence-corrected chi connectivity index (χ4v) is 2.18. The van der Waals surface area contributed by atoms with Crippen LogP contribution < -0.4 is 10.6 Å². The largest absolute Gasteiger partial charge is 0.348 e. The van der Waals surface area contributed by atoms with Crippen molar-refractivity contribution in [2.24, 2.45) is 0 Å². The van der Waals surface area contributed by atoms with E-state index in [1.165, 1.54) is 0 Å². The summed E-state index contributed by atoms with van der Waals surface area (Å²) in [6, 6.07) is 2.56. The molecule has 1 fully saturated rings. The molecule has 2 unspecified atom stereocenters. The molecule has 1 aliphatic rings. The molecule has 1 amide bonds. The average Bonchev–Trinajstić information content (AvgIpc) is 2.77. The van der Waals surface area contributed by atoms with E-state index in [1.807, 2.05) is 13.0 Å². The van der Waals surface area contributed by atoms with E-state index in [9.17, 15) is 4.79 Å². The van der Waals surface area contributed by atoms with Gasteiger partial charge in [-0.2, -0.15) is 5.10 Å². The second-order valence-electron chi connectivity index (χ2n) is 4.68. The summed E-state index contributed by atoms with van der Waals surface area (Å²) in [6.45, 7) is 5.14. The molecule has 0 aliphatic carbocycles. The molecule has 2 rings (SSSR count). The molecule has 1 aromatic rings. The van der Waals surface area contributed by atoms with Gasteiger partial charge in [-0.25, -0.2) is 0 Å². The molecule has 2 heterocycles. The predicted octanol–water partition coefficient (Wildman–Crippen LogP) is 0.842. The topological polar surface area (TPSA) is 69.8 Å². The van der Waals surface area contributed by atoms with Gasteiger partial charge in [-0.1, -0.05) is 6.92 Å². The third-order valence-corrected chi connectivity index (χ3v) is 3.20. The van der Waals surface area contributed by atoms with E-state index in [0.29, 0.717) is 11.7 Å². The minimum Gasteiger partial charge on any atom is -0.348 e. The van der Waals surface area contributed by atoms with E-state index in [-0.39, 0.29) is 11.9 Å². The first-order valence-electron chi connectivity index (χ1n) is 6.27. The zero-order chi connectivity index (χ0) is 12.3. The molecule has 94 valence electrons. The number of rotatable bonds is 3. The van der Waals surface area contributed by atoms with Crippen molar-refractivity contribution in [2.45, 2.75) is 45.2 Å². The van der Waals surface area contributed by atoms with Gasteiger partial charge >= 0.3 is 0 Å². The highest BCUT2D eigenvalue weighted by Crippen LogP contribution is 2.09. The van der Waals surface area contributed by atoms with Crippen molar-refractivity contribution in [2.75, 3.05) is 6.54 Å². The summed E-state index contributed by atoms with van der Waals surface area (Å²) in [5.41, 5.74) is 1.49. The molecule has 1 aliphatic heterocycles. The van der Waals surface area contributed by atoms with Crippen molar-refractivity contribution in [3.8, 4) is 0 Å². The highest BCUT2D eigenvalue weighted by atomic mass is 16.2. The number of nitrogens with one attached hydrogen (secondary N) is 3. The molecule has 1 aromatic heterocycles. The maximum Gasteiger partial charge on any atom is 0.271 e. The maximum absolute atomic E-state index is 11.9. The van der Waals surface area contributed by atoms with Gasteiger partial charge in [0.1, 0.15) is 5.69 Å². The first kappa shape index (κ1) is 12.1. The molecular weight excluding hydrogens is 216 g/mol. The van der Waals surface area contributed by atoms with Crippen molar-refractivity contribution >= 4 is 5.91 Å². The molecule has 0 radical (unpaired) electrons. The number of carbonyl (C=O) groups is 1. The molecule has 17 heavy (non-hydrogen) atoms. The van der Waals surface area contributed by atoms with E-state index < -0.39 is 0 Å². The van der Waals surface area contributed by atoms with Crippen molar-refractivity contribution in [3.05, 3.63) is 17.5 Å². The Bertz CT molecular complexity index is 388. The fourth-order valence-electron chi connectivity index (χ4n) is 2.18. The van der Waals surface area contributed by atoms with Crippen LogP contribution in [0.25, 0.3) is 0 Å². The van der Waals surface area contributed by atoms with Crippen LogP contribution in [0.15, 0.2) is 6.07 Å². The number of aromatic amines is 1. The van der Waals surface area contributed by atoms with E-state index in [1.54, 1.807) is 0 Å². The van der Waals surface area contributed by atoms with Gasteiger partial charge in [0, 0.05) is 17.8 Å². The summed E-state index contributed by atoms with van der Waals surface area (Å²) < 4.78 is 0. The van der Waals surface area contributed by atoms with Gasteiger partial charge < -0.3 is 10.6 Å². The van der Waals surface area contributed by atoms with Gasteiger partial charge in [-0.05, 0) is 38.8 Å². The minimum atomic E-state index is -0.0694. The Labute approximate surface area is 101 Å². The van der Waals surface area contributed by atoms with Crippen LogP contribution in [0.2, 0.25) is 0 Å². The first-order valence-corrected chi connectivity index (χ1v) is 6.27. The number of carbonyl (C=O) groups excluding carboxylic acids is 1. The standard InChI is InChI=1S/C12H20N4O/c1-3-9-7-11(16-15-9)12(17)14-10-4-5-13-8(2)6-10/h7-8,10,13H,3-6H2,1-2H3,(H,14,17)(H,15,16). The number of amides is 1. The Morgan fingerprint density at radius 2 is 2.47 bits per heavy atom. The highest BCUT2D eigenvalue weighted by molar-refractivity contribution is 5.92. The van der Waals surface area contributed by atoms with Gasteiger partial charge in [-0.3, -0.25) is 9.89 Å². The summed E-state index contributed by atoms with van der Waals surface area (Å²) in [6.07, 6.45) is 2.84. The number of hydrogen-bond acceptors (Lipinski definition) is 3. The van der Waals surface area contributed by atoms with Crippen molar-refractivity contribution < 1.29 is 4.79 Å². The van der Waals surface area contributed by atoms with Gasteiger partial charge in [0.05, 0.1) is 0 Å². The molecule has 0 aromatic carbocycles. The first-order chi connectivity index (χ1) is 8.19. The molecule has 2 atom stereocenters. The van der Waals surface area contributed by atoms with Crippen LogP contribution in [0.1, 0.15) is 42.9 Å². The number of hydrogen-bond donors (Lipinski definition) is 3. The third kappa shape index (κ3) is 3.06. The SMILES string of the molecule is CCc1cc(C(=O)NC2CCNC(C)C2)n[nH]1. The smallest absolute Gasteiger partial charge is 0.271 e. The molecule has 3 N–H and O–H groups in total. The Kier molecular flexibility index (Phi) is 3.78. The highest BCUT2D eigenvalue weighted by Gasteiger charge is 2.21. The van der Waals surface area contributed by atoms with E-state index >= 15 is 0 Å². The van der Waals surface area contributed by atoms with Gasteiger partial charge in [0.25, 0.3) is 5.91 Å². The van der Waals surface area contributed by atoms with E-state index in [2.05, 4.69) is 27.8 Å². The van der Waals surface area contributed by atoms with Crippen LogP contribution in [-0.2, 0) is 6.42 Å². The van der Waals surface area contributed by atoms with Crippen molar-refractivity contribution in [1.29, 1.82) is 0 Å². The lowest BCUT2D eigenvalue weighted by molar-refractivity contribution is 0.0920. The van der Waals surface area contributed by atoms with Crippen LogP contribution >= 0.6 is 0 Å². The lowest BCUT2D eigenvalue weighted by Crippen LogP contribution is -2.46. The molecule has 5 heteroatoms. The quantitative estimate of drug-likeness (QED) is 0.728. The predicted molar refractivity (Wildman–Crippen MR) is 65.9 cm³/mol. The Morgan fingerprint density at radius 3 is 3.12 bits per heavy atom. The summed E-state index contributed by atoms with van der Waals surface area (Å²) >= 11 is 0. The van der Waals surface area contributed by atoms with Crippen LogP contribution in [0.4, 0.5) is 0 Å². The average molecular weight is 236 g/mol. The number of aryl methyl sites for hydroxylation is 1. The zero-order valence-corrected chi connectivity index (χ0v) is 10.4. The zero-order valence-electron chi connectivity index (χ0n) is 10.4. The summed E-state index contributed by atoms with van der Waals surface area (Å²) in [5, 5.41) is 13.3. The van der Waals surface area contributed by atoms with Crippen LogP contribution in [0, 0.1) is 0 Å². The number of nitrogens with zero attached hydrogens (tertiary/aromatic N) is 1. The molecular formula is C12H20N4O. The van der Waals surface area contributed by atoms with Crippen molar-refractivity contribution in [1.82, 2.24) is 20.8 Å². The van der Waals surface area contributed by atoms with Gasteiger partial charge in [0.2, 0.25) is 0 Å². The molecule has 0 bridgehead atoms. The van der Waals surface area contributed by atoms with Gasteiger partial charge in [0.15, 0.2) is 0 Å². The fraction of sp³-hybridized carbons (Fsp3) is 0.667. The summed E-state index contributed by atoms with van der Waals surface area (Å²) in [4.78, 5) is 11.9. The molecule has 0 spiro atoms. The van der Waals surface area contributed by atoms with Crippen LogP contribution in [0.5, 0.6) is 0 Å². The third-order valence-electron chi connectivity index (χ3n) is 3.20. The van der Waals surface area contributed by atoms with Gasteiger partial charge in [-0.15, -0.1) is 0 Å². The number of piperidine rings is 1. The van der Waals surface area contributed by atoms with Crippen LogP contribution in [-0.4, -0.2) is 34.7 Å². The number of H-pyrrole nitrogens is 1. The summed E-state index contributed by atoms with van der Waals surface area (Å²) in [5.74, 6) is -0.0694. The van der Waals surface area contributed by atoms with E-state index in [4.69, 9.17) is 0 Å². The van der Waals surface area contributed by atoms with Crippen molar-refractivity contribution in [3.63, 3.8) is 0 Å². The minimum absolute atomic E-state index is 0.0694. The monoisotopic (exact) mass is 236 g/mol. The maximum atomic E-state index is 11.9. The second kappa shape index (κ2) is 5.31. The van der Waals surface area contributed by atoms with Crippen LogP contribution in [0.3, 0.4) is 0 Å². The molecule has 1 saturated heterocycles. The Morgan fingerprint density at radius 1 is 1.65 bits per heavy atom. The Hall–Kier alpha value is -1.36.